The highest BCUT2D eigenvalue weighted by Crippen LogP contribution is 2.31. The van der Waals surface area contributed by atoms with Crippen molar-refractivity contribution in [1.29, 1.82) is 0 Å². The summed E-state index contributed by atoms with van der Waals surface area (Å²) >= 11 is 5.92. The third-order valence-electron chi connectivity index (χ3n) is 3.20. The summed E-state index contributed by atoms with van der Waals surface area (Å²) in [6.45, 7) is 0. The number of alkyl halides is 3. The molecule has 0 aliphatic carbocycles. The molecule has 0 bridgehead atoms. The van der Waals surface area contributed by atoms with Crippen LogP contribution in [0.25, 0.3) is 0 Å². The lowest BCUT2D eigenvalue weighted by molar-refractivity contribution is -0.137. The molecule has 2 N–H and O–H groups in total. The van der Waals surface area contributed by atoms with E-state index < -0.39 is 11.7 Å². The minimum absolute atomic E-state index is 0.280. The molecule has 0 spiro atoms. The molecule has 1 heterocycles. The molecular formula is C17H12ClF3N4. The van der Waals surface area contributed by atoms with Crippen LogP contribution in [0, 0.1) is 0 Å². The second kappa shape index (κ2) is 6.98. The van der Waals surface area contributed by atoms with E-state index in [9.17, 15) is 13.2 Å². The SMILES string of the molecule is FC(F)(F)c1cccc(Nc2ccnc(Nc3cccc(Cl)c3)n2)c1. The predicted octanol–water partition coefficient (Wildman–Crippen LogP) is 5.64. The van der Waals surface area contributed by atoms with Crippen LogP contribution < -0.4 is 10.6 Å². The zero-order chi connectivity index (χ0) is 17.9. The summed E-state index contributed by atoms with van der Waals surface area (Å²) < 4.78 is 38.3. The van der Waals surface area contributed by atoms with Crippen molar-refractivity contribution >= 4 is 34.7 Å². The predicted molar refractivity (Wildman–Crippen MR) is 91.5 cm³/mol. The van der Waals surface area contributed by atoms with Gasteiger partial charge in [0.25, 0.3) is 0 Å². The summed E-state index contributed by atoms with van der Waals surface area (Å²) in [7, 11) is 0. The van der Waals surface area contributed by atoms with Gasteiger partial charge in [0.1, 0.15) is 5.82 Å². The van der Waals surface area contributed by atoms with Gasteiger partial charge in [-0.1, -0.05) is 23.7 Å². The van der Waals surface area contributed by atoms with E-state index in [1.54, 1.807) is 30.3 Å². The van der Waals surface area contributed by atoms with Gasteiger partial charge in [-0.15, -0.1) is 0 Å². The van der Waals surface area contributed by atoms with E-state index in [1.165, 1.54) is 18.3 Å². The van der Waals surface area contributed by atoms with Gasteiger partial charge in [0, 0.05) is 22.6 Å². The van der Waals surface area contributed by atoms with Crippen molar-refractivity contribution in [3.8, 4) is 0 Å². The minimum atomic E-state index is -4.40. The van der Waals surface area contributed by atoms with Gasteiger partial charge in [0.15, 0.2) is 0 Å². The molecule has 25 heavy (non-hydrogen) atoms. The number of hydrogen-bond acceptors (Lipinski definition) is 4. The van der Waals surface area contributed by atoms with E-state index in [1.807, 2.05) is 0 Å². The van der Waals surface area contributed by atoms with E-state index in [0.717, 1.165) is 12.1 Å². The second-order valence-corrected chi connectivity index (χ2v) is 5.54. The Balaban J connectivity index is 1.78. The molecule has 2 aromatic carbocycles. The maximum Gasteiger partial charge on any atom is 0.416 e. The number of nitrogens with one attached hydrogen (secondary N) is 2. The van der Waals surface area contributed by atoms with Gasteiger partial charge >= 0.3 is 6.18 Å². The molecule has 1 aromatic heterocycles. The largest absolute Gasteiger partial charge is 0.416 e. The summed E-state index contributed by atoms with van der Waals surface area (Å²) in [6.07, 6.45) is -2.90. The maximum atomic E-state index is 12.8. The quantitative estimate of drug-likeness (QED) is 0.629. The highest BCUT2D eigenvalue weighted by molar-refractivity contribution is 6.30. The molecule has 0 saturated heterocycles. The fourth-order valence-electron chi connectivity index (χ4n) is 2.11. The van der Waals surface area contributed by atoms with Crippen LogP contribution in [0.5, 0.6) is 0 Å². The standard InChI is InChI=1S/C17H12ClF3N4/c18-12-4-2-6-14(10-12)24-16-22-8-7-15(25-16)23-13-5-1-3-11(9-13)17(19,20)21/h1-10H,(H2,22,23,24,25). The summed E-state index contributed by atoms with van der Waals surface area (Å²) in [5.74, 6) is 0.651. The van der Waals surface area contributed by atoms with Gasteiger partial charge in [-0.2, -0.15) is 18.2 Å². The van der Waals surface area contributed by atoms with Crippen molar-refractivity contribution in [2.45, 2.75) is 6.18 Å². The Bertz CT molecular complexity index is 884. The van der Waals surface area contributed by atoms with E-state index in [-0.39, 0.29) is 5.69 Å². The average molecular weight is 365 g/mol. The Labute approximate surface area is 146 Å². The molecule has 0 amide bonds. The van der Waals surface area contributed by atoms with Gasteiger partial charge < -0.3 is 10.6 Å². The van der Waals surface area contributed by atoms with Crippen molar-refractivity contribution in [2.75, 3.05) is 10.6 Å². The lowest BCUT2D eigenvalue weighted by atomic mass is 10.2. The maximum absolute atomic E-state index is 12.8. The summed E-state index contributed by atoms with van der Waals surface area (Å²) in [4.78, 5) is 8.30. The van der Waals surface area contributed by atoms with E-state index in [0.29, 0.717) is 22.5 Å². The number of halogens is 4. The summed E-state index contributed by atoms with van der Waals surface area (Å²) in [5.41, 5.74) is 0.245. The molecular weight excluding hydrogens is 353 g/mol. The molecule has 0 unspecified atom stereocenters. The topological polar surface area (TPSA) is 49.8 Å². The summed E-state index contributed by atoms with van der Waals surface area (Å²) in [5, 5.41) is 6.38. The molecule has 0 saturated carbocycles. The third-order valence-corrected chi connectivity index (χ3v) is 3.43. The van der Waals surface area contributed by atoms with Crippen LogP contribution in [-0.2, 0) is 6.18 Å². The molecule has 0 aliphatic rings. The molecule has 0 fully saturated rings. The van der Waals surface area contributed by atoms with Gasteiger partial charge in [-0.3, -0.25) is 0 Å². The van der Waals surface area contributed by atoms with Crippen molar-refractivity contribution in [2.24, 2.45) is 0 Å². The van der Waals surface area contributed by atoms with Crippen molar-refractivity contribution < 1.29 is 13.2 Å². The smallest absolute Gasteiger partial charge is 0.340 e. The molecule has 3 aromatic rings. The van der Waals surface area contributed by atoms with Crippen LogP contribution >= 0.6 is 11.6 Å². The lowest BCUT2D eigenvalue weighted by Crippen LogP contribution is -2.05. The first-order valence-electron chi connectivity index (χ1n) is 7.20. The highest BCUT2D eigenvalue weighted by Gasteiger charge is 2.30. The molecule has 0 atom stereocenters. The number of hydrogen-bond donors (Lipinski definition) is 2. The van der Waals surface area contributed by atoms with Crippen LogP contribution in [0.3, 0.4) is 0 Å². The van der Waals surface area contributed by atoms with E-state index in [4.69, 9.17) is 11.6 Å². The fraction of sp³-hybridized carbons (Fsp3) is 0.0588. The Morgan fingerprint density at radius 2 is 1.60 bits per heavy atom. The van der Waals surface area contributed by atoms with Crippen molar-refractivity contribution in [3.05, 3.63) is 71.4 Å². The van der Waals surface area contributed by atoms with E-state index in [2.05, 4.69) is 20.6 Å². The molecule has 0 radical (unpaired) electrons. The van der Waals surface area contributed by atoms with Crippen molar-refractivity contribution in [3.63, 3.8) is 0 Å². The second-order valence-electron chi connectivity index (χ2n) is 5.10. The number of nitrogens with zero attached hydrogens (tertiary/aromatic N) is 2. The first-order valence-corrected chi connectivity index (χ1v) is 7.58. The molecule has 4 nitrogen and oxygen atoms in total. The first-order chi connectivity index (χ1) is 11.9. The number of rotatable bonds is 4. The number of aromatic nitrogens is 2. The number of anilines is 4. The first kappa shape index (κ1) is 17.0. The van der Waals surface area contributed by atoms with Gasteiger partial charge in [0.05, 0.1) is 5.56 Å². The molecule has 8 heteroatoms. The molecule has 128 valence electrons. The van der Waals surface area contributed by atoms with Crippen LogP contribution in [0.1, 0.15) is 5.56 Å². The van der Waals surface area contributed by atoms with Gasteiger partial charge in [-0.25, -0.2) is 4.98 Å². The van der Waals surface area contributed by atoms with Gasteiger partial charge in [0.2, 0.25) is 5.95 Å². The zero-order valence-electron chi connectivity index (χ0n) is 12.7. The average Bonchev–Trinajstić information content (AvgIpc) is 2.55. The van der Waals surface area contributed by atoms with Gasteiger partial charge in [-0.05, 0) is 42.5 Å². The Morgan fingerprint density at radius 3 is 2.32 bits per heavy atom. The van der Waals surface area contributed by atoms with Crippen molar-refractivity contribution in [1.82, 2.24) is 9.97 Å². The van der Waals surface area contributed by atoms with Crippen LogP contribution in [-0.4, -0.2) is 9.97 Å². The highest BCUT2D eigenvalue weighted by atomic mass is 35.5. The Kier molecular flexibility index (Phi) is 4.76. The molecule has 3 rings (SSSR count). The number of benzene rings is 2. The Morgan fingerprint density at radius 1 is 0.880 bits per heavy atom. The zero-order valence-corrected chi connectivity index (χ0v) is 13.4. The van der Waals surface area contributed by atoms with Crippen LogP contribution in [0.15, 0.2) is 60.8 Å². The Hall–Kier alpha value is -2.80. The summed E-state index contributed by atoms with van der Waals surface area (Å²) in [6, 6.07) is 13.5. The van der Waals surface area contributed by atoms with Crippen LogP contribution in [0.4, 0.5) is 36.3 Å². The third kappa shape index (κ3) is 4.60. The lowest BCUT2D eigenvalue weighted by Gasteiger charge is -2.11. The van der Waals surface area contributed by atoms with Crippen LogP contribution in [0.2, 0.25) is 5.02 Å². The van der Waals surface area contributed by atoms with E-state index >= 15 is 0 Å². The normalized spacial score (nSPS) is 11.2. The fourth-order valence-corrected chi connectivity index (χ4v) is 2.30. The monoisotopic (exact) mass is 364 g/mol. The molecule has 0 aliphatic heterocycles. The minimum Gasteiger partial charge on any atom is -0.340 e.